The number of carbonyl (C=O) groups is 1. The molecule has 2 rings (SSSR count). The minimum absolute atomic E-state index is 0.0432. The van der Waals surface area contributed by atoms with Crippen LogP contribution in [0.25, 0.3) is 0 Å². The summed E-state index contributed by atoms with van der Waals surface area (Å²) in [6.07, 6.45) is -0.373. The number of carbonyl (C=O) groups excluding carboxylic acids is 1. The number of ether oxygens (including phenoxy) is 2. The lowest BCUT2D eigenvalue weighted by atomic mass is 10.1. The summed E-state index contributed by atoms with van der Waals surface area (Å²) in [5.74, 6) is -1.10. The van der Waals surface area contributed by atoms with Crippen molar-refractivity contribution in [2.45, 2.75) is 13.0 Å². The second-order valence-corrected chi connectivity index (χ2v) is 4.73. The Labute approximate surface area is 122 Å². The van der Waals surface area contributed by atoms with Crippen molar-refractivity contribution in [3.05, 3.63) is 23.5 Å². The van der Waals surface area contributed by atoms with E-state index >= 15 is 0 Å². The average molecular weight is 298 g/mol. The molecule has 0 aromatic heterocycles. The van der Waals surface area contributed by atoms with Gasteiger partial charge in [0.25, 0.3) is 0 Å². The van der Waals surface area contributed by atoms with E-state index in [0.717, 1.165) is 6.07 Å². The summed E-state index contributed by atoms with van der Waals surface area (Å²) < 4.78 is 24.4. The number of anilines is 2. The van der Waals surface area contributed by atoms with Gasteiger partial charge in [-0.3, -0.25) is 0 Å². The maximum Gasteiger partial charge on any atom is 0.340 e. The molecule has 1 fully saturated rings. The minimum Gasteiger partial charge on any atom is -0.462 e. The molecular formula is C14H19FN2O4. The summed E-state index contributed by atoms with van der Waals surface area (Å²) in [6.45, 7) is 2.96. The van der Waals surface area contributed by atoms with Crippen LogP contribution in [-0.4, -0.2) is 50.1 Å². The van der Waals surface area contributed by atoms with Gasteiger partial charge in [0.05, 0.1) is 37.2 Å². The number of nitrogens with zero attached hydrogens (tertiary/aromatic N) is 1. The number of esters is 1. The van der Waals surface area contributed by atoms with Crippen LogP contribution in [0.15, 0.2) is 12.1 Å². The molecule has 1 unspecified atom stereocenters. The van der Waals surface area contributed by atoms with Crippen molar-refractivity contribution >= 4 is 17.3 Å². The molecule has 6 nitrogen and oxygen atoms in total. The summed E-state index contributed by atoms with van der Waals surface area (Å²) in [7, 11) is 0. The zero-order chi connectivity index (χ0) is 15.4. The van der Waals surface area contributed by atoms with Crippen molar-refractivity contribution in [1.29, 1.82) is 0 Å². The van der Waals surface area contributed by atoms with Crippen molar-refractivity contribution in [3.63, 3.8) is 0 Å². The van der Waals surface area contributed by atoms with Crippen LogP contribution in [0.4, 0.5) is 15.8 Å². The number of rotatable bonds is 4. The molecule has 0 spiro atoms. The van der Waals surface area contributed by atoms with Crippen molar-refractivity contribution in [1.82, 2.24) is 0 Å². The van der Waals surface area contributed by atoms with E-state index in [1.165, 1.54) is 6.07 Å². The van der Waals surface area contributed by atoms with E-state index in [0.29, 0.717) is 19.7 Å². The Kier molecular flexibility index (Phi) is 4.98. The Bertz CT molecular complexity index is 524. The molecule has 1 heterocycles. The van der Waals surface area contributed by atoms with Crippen LogP contribution in [-0.2, 0) is 9.47 Å². The molecule has 0 aliphatic carbocycles. The van der Waals surface area contributed by atoms with E-state index in [1.807, 2.05) is 0 Å². The third kappa shape index (κ3) is 3.43. The molecular weight excluding hydrogens is 279 g/mol. The maximum atomic E-state index is 14.1. The van der Waals surface area contributed by atoms with E-state index in [-0.39, 0.29) is 36.3 Å². The second kappa shape index (κ2) is 6.73. The van der Waals surface area contributed by atoms with Crippen LogP contribution in [0, 0.1) is 5.82 Å². The largest absolute Gasteiger partial charge is 0.462 e. The molecule has 1 atom stereocenters. The highest BCUT2D eigenvalue weighted by Crippen LogP contribution is 2.27. The predicted octanol–water partition coefficient (Wildman–Crippen LogP) is 0.782. The van der Waals surface area contributed by atoms with Crippen LogP contribution < -0.4 is 10.6 Å². The topological polar surface area (TPSA) is 85.0 Å². The molecule has 1 aromatic carbocycles. The van der Waals surface area contributed by atoms with Crippen molar-refractivity contribution in [2.24, 2.45) is 0 Å². The van der Waals surface area contributed by atoms with Gasteiger partial charge in [-0.1, -0.05) is 0 Å². The van der Waals surface area contributed by atoms with Gasteiger partial charge in [-0.05, 0) is 19.1 Å². The maximum absolute atomic E-state index is 14.1. The Morgan fingerprint density at radius 2 is 2.38 bits per heavy atom. The first kappa shape index (κ1) is 15.5. The number of hydrogen-bond acceptors (Lipinski definition) is 6. The van der Waals surface area contributed by atoms with E-state index in [4.69, 9.17) is 20.3 Å². The normalized spacial score (nSPS) is 18.6. The molecule has 1 aliphatic heterocycles. The van der Waals surface area contributed by atoms with Crippen LogP contribution in [0.1, 0.15) is 17.3 Å². The molecule has 0 saturated carbocycles. The minimum atomic E-state index is -0.580. The van der Waals surface area contributed by atoms with Gasteiger partial charge in [0, 0.05) is 18.8 Å². The molecule has 7 heteroatoms. The van der Waals surface area contributed by atoms with E-state index in [2.05, 4.69) is 0 Å². The first-order valence-corrected chi connectivity index (χ1v) is 6.80. The smallest absolute Gasteiger partial charge is 0.340 e. The highest BCUT2D eigenvalue weighted by atomic mass is 19.1. The van der Waals surface area contributed by atoms with E-state index in [1.54, 1.807) is 11.8 Å². The second-order valence-electron chi connectivity index (χ2n) is 4.73. The number of benzene rings is 1. The van der Waals surface area contributed by atoms with Gasteiger partial charge in [0.1, 0.15) is 5.82 Å². The first-order valence-electron chi connectivity index (χ1n) is 6.80. The third-order valence-corrected chi connectivity index (χ3v) is 3.30. The molecule has 21 heavy (non-hydrogen) atoms. The van der Waals surface area contributed by atoms with Gasteiger partial charge in [-0.15, -0.1) is 0 Å². The fourth-order valence-corrected chi connectivity index (χ4v) is 2.25. The fraction of sp³-hybridized carbons (Fsp3) is 0.500. The van der Waals surface area contributed by atoms with Crippen LogP contribution in [0.3, 0.4) is 0 Å². The lowest BCUT2D eigenvalue weighted by molar-refractivity contribution is 0.00340. The van der Waals surface area contributed by atoms with Crippen molar-refractivity contribution < 1.29 is 23.8 Å². The SMILES string of the molecule is CCOC(=O)c1cc(N2CCOC(CO)C2)c(F)cc1N. The van der Waals surface area contributed by atoms with Gasteiger partial charge >= 0.3 is 5.97 Å². The quantitative estimate of drug-likeness (QED) is 0.631. The third-order valence-electron chi connectivity index (χ3n) is 3.30. The summed E-state index contributed by atoms with van der Waals surface area (Å²) in [6, 6.07) is 2.51. The fourth-order valence-electron chi connectivity index (χ4n) is 2.25. The number of nitrogen functional groups attached to an aromatic ring is 1. The molecule has 0 amide bonds. The number of halogens is 1. The summed E-state index contributed by atoms with van der Waals surface area (Å²) in [5, 5.41) is 9.14. The first-order chi connectivity index (χ1) is 10.1. The van der Waals surface area contributed by atoms with Gasteiger partial charge in [-0.2, -0.15) is 0 Å². The van der Waals surface area contributed by atoms with Crippen LogP contribution in [0.5, 0.6) is 0 Å². The number of aliphatic hydroxyl groups is 1. The number of morpholine rings is 1. The molecule has 3 N–H and O–H groups in total. The zero-order valence-electron chi connectivity index (χ0n) is 11.8. The summed E-state index contributed by atoms with van der Waals surface area (Å²) in [5.41, 5.74) is 6.12. The zero-order valence-corrected chi connectivity index (χ0v) is 11.8. The van der Waals surface area contributed by atoms with Gasteiger partial charge < -0.3 is 25.2 Å². The van der Waals surface area contributed by atoms with Crippen LogP contribution in [0.2, 0.25) is 0 Å². The van der Waals surface area contributed by atoms with Gasteiger partial charge in [-0.25, -0.2) is 9.18 Å². The lowest BCUT2D eigenvalue weighted by Gasteiger charge is -2.34. The highest BCUT2D eigenvalue weighted by Gasteiger charge is 2.24. The monoisotopic (exact) mass is 298 g/mol. The number of aliphatic hydroxyl groups excluding tert-OH is 1. The van der Waals surface area contributed by atoms with E-state index in [9.17, 15) is 9.18 Å². The molecule has 0 radical (unpaired) electrons. The standard InChI is InChI=1S/C14H19FN2O4/c1-2-20-14(19)10-5-13(11(15)6-12(10)16)17-3-4-21-9(7-17)8-18/h5-6,9,18H,2-4,7-8,16H2,1H3. The number of hydrogen-bond donors (Lipinski definition) is 2. The van der Waals surface area contributed by atoms with Crippen molar-refractivity contribution in [3.8, 4) is 0 Å². The van der Waals surface area contributed by atoms with Gasteiger partial charge in [0.15, 0.2) is 0 Å². The Hall–Kier alpha value is -1.86. The molecule has 1 aliphatic rings. The molecule has 1 saturated heterocycles. The number of nitrogens with two attached hydrogens (primary N) is 1. The van der Waals surface area contributed by atoms with E-state index < -0.39 is 11.8 Å². The van der Waals surface area contributed by atoms with Crippen molar-refractivity contribution in [2.75, 3.05) is 43.5 Å². The summed E-state index contributed by atoms with van der Waals surface area (Å²) in [4.78, 5) is 13.5. The highest BCUT2D eigenvalue weighted by molar-refractivity contribution is 5.96. The van der Waals surface area contributed by atoms with Gasteiger partial charge in [0.2, 0.25) is 0 Å². The van der Waals surface area contributed by atoms with Crippen LogP contribution >= 0.6 is 0 Å². The Morgan fingerprint density at radius 3 is 3.05 bits per heavy atom. The predicted molar refractivity (Wildman–Crippen MR) is 75.8 cm³/mol. The Balaban J connectivity index is 2.30. The molecule has 116 valence electrons. The average Bonchev–Trinajstić information content (AvgIpc) is 2.47. The molecule has 1 aromatic rings. The Morgan fingerprint density at radius 1 is 1.62 bits per heavy atom. The summed E-state index contributed by atoms with van der Waals surface area (Å²) >= 11 is 0. The lowest BCUT2D eigenvalue weighted by Crippen LogP contribution is -2.44. The molecule has 0 bridgehead atoms.